The molecular formula is C17H18BrNO2. The molecule has 2 aromatic carbocycles. The molecule has 3 nitrogen and oxygen atoms in total. The second-order valence-electron chi connectivity index (χ2n) is 5.03. The molecule has 0 bridgehead atoms. The van der Waals surface area contributed by atoms with E-state index in [2.05, 4.69) is 33.0 Å². The number of rotatable bonds is 4. The third-order valence-corrected chi connectivity index (χ3v) is 4.05. The molecule has 0 aromatic heterocycles. The minimum atomic E-state index is 0.684. The Bertz CT molecular complexity index is 586. The van der Waals surface area contributed by atoms with E-state index in [-0.39, 0.29) is 0 Å². The maximum absolute atomic E-state index is 5.79. The van der Waals surface area contributed by atoms with Crippen LogP contribution in [0.2, 0.25) is 0 Å². The van der Waals surface area contributed by atoms with Gasteiger partial charge in [0.1, 0.15) is 24.7 Å². The molecule has 0 aliphatic carbocycles. The molecule has 0 spiro atoms. The summed E-state index contributed by atoms with van der Waals surface area (Å²) in [6.45, 7) is 4.16. The Hall–Kier alpha value is -1.52. The summed E-state index contributed by atoms with van der Waals surface area (Å²) in [5.41, 5.74) is 1.25. The highest BCUT2D eigenvalue weighted by atomic mass is 79.9. The van der Waals surface area contributed by atoms with Crippen LogP contribution in [0.4, 0.5) is 0 Å². The fourth-order valence-electron chi connectivity index (χ4n) is 2.39. The normalized spacial score (nSPS) is 14.9. The number of hydrogen-bond donors (Lipinski definition) is 0. The average Bonchev–Trinajstić information content (AvgIpc) is 2.71. The zero-order chi connectivity index (χ0) is 14.5. The Labute approximate surface area is 133 Å². The molecule has 0 radical (unpaired) electrons. The first-order chi connectivity index (χ1) is 10.3. The molecule has 4 heteroatoms. The van der Waals surface area contributed by atoms with Crippen LogP contribution in [0.25, 0.3) is 0 Å². The Morgan fingerprint density at radius 2 is 1.90 bits per heavy atom. The van der Waals surface area contributed by atoms with Gasteiger partial charge in [0.25, 0.3) is 0 Å². The average molecular weight is 348 g/mol. The molecular weight excluding hydrogens is 330 g/mol. The van der Waals surface area contributed by atoms with E-state index < -0.39 is 0 Å². The predicted octanol–water partition coefficient (Wildman–Crippen LogP) is 3.72. The zero-order valence-electron chi connectivity index (χ0n) is 11.8. The Morgan fingerprint density at radius 3 is 2.76 bits per heavy atom. The lowest BCUT2D eigenvalue weighted by Crippen LogP contribution is -2.30. The summed E-state index contributed by atoms with van der Waals surface area (Å²) in [4.78, 5) is 2.37. The number of benzene rings is 2. The van der Waals surface area contributed by atoms with Gasteiger partial charge in [-0.2, -0.15) is 0 Å². The SMILES string of the molecule is Brc1ccc(OCCN2CCOc3ccccc3C2)cc1. The Balaban J connectivity index is 1.53. The van der Waals surface area contributed by atoms with Crippen molar-refractivity contribution in [3.8, 4) is 11.5 Å². The second-order valence-corrected chi connectivity index (χ2v) is 5.95. The third-order valence-electron chi connectivity index (χ3n) is 3.52. The summed E-state index contributed by atoms with van der Waals surface area (Å²) in [6.07, 6.45) is 0. The van der Waals surface area contributed by atoms with Gasteiger partial charge in [-0.25, -0.2) is 0 Å². The van der Waals surface area contributed by atoms with Crippen molar-refractivity contribution < 1.29 is 9.47 Å². The third kappa shape index (κ3) is 3.99. The molecule has 21 heavy (non-hydrogen) atoms. The first-order valence-electron chi connectivity index (χ1n) is 7.13. The largest absolute Gasteiger partial charge is 0.492 e. The number of para-hydroxylation sites is 1. The lowest BCUT2D eigenvalue weighted by Gasteiger charge is -2.19. The van der Waals surface area contributed by atoms with Gasteiger partial charge in [0, 0.05) is 29.7 Å². The van der Waals surface area contributed by atoms with Crippen molar-refractivity contribution in [2.45, 2.75) is 6.54 Å². The zero-order valence-corrected chi connectivity index (χ0v) is 13.4. The van der Waals surface area contributed by atoms with E-state index in [1.54, 1.807) is 0 Å². The number of hydrogen-bond acceptors (Lipinski definition) is 3. The van der Waals surface area contributed by atoms with Crippen LogP contribution in [0.1, 0.15) is 5.56 Å². The van der Waals surface area contributed by atoms with Crippen LogP contribution < -0.4 is 9.47 Å². The first-order valence-corrected chi connectivity index (χ1v) is 7.92. The molecule has 0 saturated heterocycles. The Morgan fingerprint density at radius 1 is 1.10 bits per heavy atom. The summed E-state index contributed by atoms with van der Waals surface area (Å²) in [6, 6.07) is 16.2. The van der Waals surface area contributed by atoms with Crippen LogP contribution in [-0.4, -0.2) is 31.2 Å². The maximum Gasteiger partial charge on any atom is 0.123 e. The van der Waals surface area contributed by atoms with E-state index in [1.807, 2.05) is 36.4 Å². The summed E-state index contributed by atoms with van der Waals surface area (Å²) in [5, 5.41) is 0. The molecule has 1 aliphatic rings. The number of ether oxygens (including phenoxy) is 2. The van der Waals surface area contributed by atoms with Crippen molar-refractivity contribution in [1.82, 2.24) is 4.90 Å². The highest BCUT2D eigenvalue weighted by Gasteiger charge is 2.14. The molecule has 0 amide bonds. The molecule has 1 heterocycles. The van der Waals surface area contributed by atoms with Gasteiger partial charge in [-0.05, 0) is 30.3 Å². The van der Waals surface area contributed by atoms with Gasteiger partial charge < -0.3 is 9.47 Å². The highest BCUT2D eigenvalue weighted by molar-refractivity contribution is 9.10. The van der Waals surface area contributed by atoms with Crippen LogP contribution >= 0.6 is 15.9 Å². The number of halogens is 1. The van der Waals surface area contributed by atoms with Crippen molar-refractivity contribution in [2.75, 3.05) is 26.3 Å². The van der Waals surface area contributed by atoms with Crippen LogP contribution in [0, 0.1) is 0 Å². The van der Waals surface area contributed by atoms with Crippen molar-refractivity contribution in [2.24, 2.45) is 0 Å². The molecule has 0 fully saturated rings. The van der Waals surface area contributed by atoms with Gasteiger partial charge in [-0.15, -0.1) is 0 Å². The van der Waals surface area contributed by atoms with E-state index in [0.717, 1.165) is 42.2 Å². The number of nitrogens with zero attached hydrogens (tertiary/aromatic N) is 1. The van der Waals surface area contributed by atoms with Crippen LogP contribution in [-0.2, 0) is 6.54 Å². The quantitative estimate of drug-likeness (QED) is 0.841. The fraction of sp³-hybridized carbons (Fsp3) is 0.294. The second kappa shape index (κ2) is 6.96. The van der Waals surface area contributed by atoms with Crippen molar-refractivity contribution in [3.63, 3.8) is 0 Å². The van der Waals surface area contributed by atoms with Gasteiger partial charge in [-0.3, -0.25) is 4.90 Å². The molecule has 110 valence electrons. The summed E-state index contributed by atoms with van der Waals surface area (Å²) < 4.78 is 12.6. The maximum atomic E-state index is 5.79. The van der Waals surface area contributed by atoms with E-state index in [9.17, 15) is 0 Å². The minimum absolute atomic E-state index is 0.684. The van der Waals surface area contributed by atoms with Crippen LogP contribution in [0.3, 0.4) is 0 Å². The van der Waals surface area contributed by atoms with Crippen molar-refractivity contribution >= 4 is 15.9 Å². The topological polar surface area (TPSA) is 21.7 Å². The van der Waals surface area contributed by atoms with Gasteiger partial charge in [-0.1, -0.05) is 34.1 Å². The molecule has 1 aliphatic heterocycles. The van der Waals surface area contributed by atoms with Crippen molar-refractivity contribution in [3.05, 3.63) is 58.6 Å². The first kappa shape index (κ1) is 14.4. The molecule has 3 rings (SSSR count). The van der Waals surface area contributed by atoms with E-state index >= 15 is 0 Å². The molecule has 0 saturated carbocycles. The molecule has 0 unspecified atom stereocenters. The Kier molecular flexibility index (Phi) is 4.78. The van der Waals surface area contributed by atoms with Gasteiger partial charge >= 0.3 is 0 Å². The van der Waals surface area contributed by atoms with E-state index in [4.69, 9.17) is 9.47 Å². The minimum Gasteiger partial charge on any atom is -0.492 e. The fourth-order valence-corrected chi connectivity index (χ4v) is 2.66. The van der Waals surface area contributed by atoms with Gasteiger partial charge in [0.05, 0.1) is 0 Å². The van der Waals surface area contributed by atoms with Gasteiger partial charge in [0.2, 0.25) is 0 Å². The van der Waals surface area contributed by atoms with Crippen LogP contribution in [0.5, 0.6) is 11.5 Å². The standard InChI is InChI=1S/C17H18BrNO2/c18-15-5-7-16(8-6-15)20-11-9-19-10-12-21-17-4-2-1-3-14(17)13-19/h1-8H,9-13H2. The number of fused-ring (bicyclic) bond motifs is 1. The van der Waals surface area contributed by atoms with E-state index in [0.29, 0.717) is 6.61 Å². The van der Waals surface area contributed by atoms with Crippen molar-refractivity contribution in [1.29, 1.82) is 0 Å². The van der Waals surface area contributed by atoms with Gasteiger partial charge in [0.15, 0.2) is 0 Å². The summed E-state index contributed by atoms with van der Waals surface area (Å²) in [7, 11) is 0. The smallest absolute Gasteiger partial charge is 0.123 e. The lowest BCUT2D eigenvalue weighted by molar-refractivity contribution is 0.186. The lowest BCUT2D eigenvalue weighted by atomic mass is 10.2. The van der Waals surface area contributed by atoms with E-state index in [1.165, 1.54) is 5.56 Å². The summed E-state index contributed by atoms with van der Waals surface area (Å²) >= 11 is 3.42. The molecule has 2 aromatic rings. The monoisotopic (exact) mass is 347 g/mol. The predicted molar refractivity (Wildman–Crippen MR) is 86.9 cm³/mol. The molecule has 0 atom stereocenters. The molecule has 0 N–H and O–H groups in total. The van der Waals surface area contributed by atoms with Crippen LogP contribution in [0.15, 0.2) is 53.0 Å². The highest BCUT2D eigenvalue weighted by Crippen LogP contribution is 2.22. The summed E-state index contributed by atoms with van der Waals surface area (Å²) in [5.74, 6) is 1.92.